The molecule has 5 heteroatoms. The molecule has 0 bridgehead atoms. The lowest BCUT2D eigenvalue weighted by molar-refractivity contribution is 0.0905. The summed E-state index contributed by atoms with van der Waals surface area (Å²) in [4.78, 5) is 13.8. The number of hydrogen-bond acceptors (Lipinski definition) is 4. The first kappa shape index (κ1) is 14.2. The lowest BCUT2D eigenvalue weighted by atomic mass is 9.92. The molecular formula is C16H22N2O3. The maximum atomic E-state index is 12.0. The Morgan fingerprint density at radius 1 is 1.29 bits per heavy atom. The maximum Gasteiger partial charge on any atom is 0.410 e. The molecule has 3 rings (SSSR count). The SMILES string of the molecule is COc1ccc(CN2CC(C3CCNCC3)OC2=O)cc1. The number of amides is 1. The lowest BCUT2D eigenvalue weighted by Gasteiger charge is -2.26. The van der Waals surface area contributed by atoms with E-state index in [9.17, 15) is 4.79 Å². The molecule has 0 spiro atoms. The van der Waals surface area contributed by atoms with Gasteiger partial charge >= 0.3 is 6.09 Å². The highest BCUT2D eigenvalue weighted by atomic mass is 16.6. The monoisotopic (exact) mass is 290 g/mol. The minimum atomic E-state index is -0.186. The molecule has 0 aliphatic carbocycles. The third-order valence-electron chi connectivity index (χ3n) is 4.35. The maximum absolute atomic E-state index is 12.0. The summed E-state index contributed by atoms with van der Waals surface area (Å²) in [5, 5.41) is 3.35. The van der Waals surface area contributed by atoms with Crippen LogP contribution in [0.4, 0.5) is 4.79 Å². The van der Waals surface area contributed by atoms with Crippen molar-refractivity contribution >= 4 is 6.09 Å². The molecule has 2 aliphatic heterocycles. The Morgan fingerprint density at radius 3 is 2.67 bits per heavy atom. The molecule has 0 aromatic heterocycles. The van der Waals surface area contributed by atoms with Crippen LogP contribution in [0.15, 0.2) is 24.3 Å². The molecule has 2 heterocycles. The molecule has 5 nitrogen and oxygen atoms in total. The minimum Gasteiger partial charge on any atom is -0.497 e. The van der Waals surface area contributed by atoms with Gasteiger partial charge in [-0.2, -0.15) is 0 Å². The third kappa shape index (κ3) is 3.29. The van der Waals surface area contributed by atoms with Crippen molar-refractivity contribution in [2.75, 3.05) is 26.7 Å². The van der Waals surface area contributed by atoms with Crippen molar-refractivity contribution < 1.29 is 14.3 Å². The first-order valence-corrected chi connectivity index (χ1v) is 7.55. The van der Waals surface area contributed by atoms with E-state index in [2.05, 4.69) is 5.32 Å². The van der Waals surface area contributed by atoms with Crippen molar-refractivity contribution in [2.24, 2.45) is 5.92 Å². The Balaban J connectivity index is 1.59. The molecule has 21 heavy (non-hydrogen) atoms. The number of nitrogens with zero attached hydrogens (tertiary/aromatic N) is 1. The summed E-state index contributed by atoms with van der Waals surface area (Å²) < 4.78 is 10.7. The van der Waals surface area contributed by atoms with Gasteiger partial charge in [0, 0.05) is 12.5 Å². The Morgan fingerprint density at radius 2 is 2.00 bits per heavy atom. The highest BCUT2D eigenvalue weighted by Crippen LogP contribution is 2.26. The molecule has 2 fully saturated rings. The number of hydrogen-bond donors (Lipinski definition) is 1. The van der Waals surface area contributed by atoms with Crippen LogP contribution in [-0.4, -0.2) is 43.8 Å². The fourth-order valence-electron chi connectivity index (χ4n) is 3.07. The Labute approximate surface area is 125 Å². The Hall–Kier alpha value is -1.75. The summed E-state index contributed by atoms with van der Waals surface area (Å²) in [5.74, 6) is 1.33. The summed E-state index contributed by atoms with van der Waals surface area (Å²) in [6, 6.07) is 7.82. The normalized spacial score (nSPS) is 23.2. The van der Waals surface area contributed by atoms with Gasteiger partial charge in [0.05, 0.1) is 13.7 Å². The average molecular weight is 290 g/mol. The number of rotatable bonds is 4. The third-order valence-corrected chi connectivity index (χ3v) is 4.35. The zero-order valence-electron chi connectivity index (χ0n) is 12.4. The number of carbonyl (C=O) groups is 1. The minimum absolute atomic E-state index is 0.0536. The lowest BCUT2D eigenvalue weighted by Crippen LogP contribution is -2.36. The van der Waals surface area contributed by atoms with Gasteiger partial charge in [-0.15, -0.1) is 0 Å². The molecule has 2 aliphatic rings. The van der Waals surface area contributed by atoms with Gasteiger partial charge in [-0.25, -0.2) is 4.79 Å². The second-order valence-electron chi connectivity index (χ2n) is 5.74. The Bertz CT molecular complexity index is 483. The molecule has 114 valence electrons. The molecule has 1 aromatic rings. The molecule has 1 unspecified atom stereocenters. The van der Waals surface area contributed by atoms with Crippen LogP contribution in [-0.2, 0) is 11.3 Å². The molecule has 1 amide bonds. The summed E-state index contributed by atoms with van der Waals surface area (Å²) in [6.45, 7) is 3.36. The van der Waals surface area contributed by atoms with Gasteiger partial charge in [0.1, 0.15) is 11.9 Å². The van der Waals surface area contributed by atoms with Crippen LogP contribution < -0.4 is 10.1 Å². The topological polar surface area (TPSA) is 50.8 Å². The highest BCUT2D eigenvalue weighted by Gasteiger charge is 2.36. The summed E-state index contributed by atoms with van der Waals surface area (Å²) in [6.07, 6.45) is 2.05. The van der Waals surface area contributed by atoms with Crippen LogP contribution in [0.1, 0.15) is 18.4 Å². The Kier molecular flexibility index (Phi) is 4.29. The summed E-state index contributed by atoms with van der Waals surface area (Å²) >= 11 is 0. The molecule has 2 saturated heterocycles. The van der Waals surface area contributed by atoms with Gasteiger partial charge in [-0.05, 0) is 43.6 Å². The zero-order chi connectivity index (χ0) is 14.7. The van der Waals surface area contributed by atoms with Gasteiger partial charge < -0.3 is 19.7 Å². The van der Waals surface area contributed by atoms with E-state index in [4.69, 9.17) is 9.47 Å². The van der Waals surface area contributed by atoms with E-state index in [0.717, 1.165) is 37.2 Å². The van der Waals surface area contributed by atoms with Gasteiger partial charge in [0.25, 0.3) is 0 Å². The number of benzene rings is 1. The molecule has 1 aromatic carbocycles. The number of piperidine rings is 1. The van der Waals surface area contributed by atoms with Crippen molar-refractivity contribution in [3.05, 3.63) is 29.8 Å². The van der Waals surface area contributed by atoms with E-state index in [0.29, 0.717) is 19.0 Å². The fourth-order valence-corrected chi connectivity index (χ4v) is 3.07. The zero-order valence-corrected chi connectivity index (χ0v) is 12.4. The van der Waals surface area contributed by atoms with Gasteiger partial charge in [0.2, 0.25) is 0 Å². The smallest absolute Gasteiger partial charge is 0.410 e. The van der Waals surface area contributed by atoms with Crippen LogP contribution in [0.25, 0.3) is 0 Å². The van der Waals surface area contributed by atoms with Crippen molar-refractivity contribution in [1.82, 2.24) is 10.2 Å². The number of cyclic esters (lactones) is 1. The van der Waals surface area contributed by atoms with Crippen LogP contribution >= 0.6 is 0 Å². The molecule has 0 saturated carbocycles. The van der Waals surface area contributed by atoms with Crippen molar-refractivity contribution in [2.45, 2.75) is 25.5 Å². The van der Waals surface area contributed by atoms with Crippen molar-refractivity contribution in [3.63, 3.8) is 0 Å². The van der Waals surface area contributed by atoms with E-state index < -0.39 is 0 Å². The van der Waals surface area contributed by atoms with Crippen molar-refractivity contribution in [3.8, 4) is 5.75 Å². The van der Waals surface area contributed by atoms with Gasteiger partial charge in [0.15, 0.2) is 0 Å². The number of ether oxygens (including phenoxy) is 2. The standard InChI is InChI=1S/C16H22N2O3/c1-20-14-4-2-12(3-5-14)10-18-11-15(21-16(18)19)13-6-8-17-9-7-13/h2-5,13,15,17H,6-11H2,1H3. The average Bonchev–Trinajstić information content (AvgIpc) is 2.90. The fraction of sp³-hybridized carbons (Fsp3) is 0.562. The van der Waals surface area contributed by atoms with Crippen LogP contribution in [0.2, 0.25) is 0 Å². The highest BCUT2D eigenvalue weighted by molar-refractivity contribution is 5.70. The first-order chi connectivity index (χ1) is 10.3. The number of methoxy groups -OCH3 is 1. The van der Waals surface area contributed by atoms with Crippen molar-refractivity contribution in [1.29, 1.82) is 0 Å². The van der Waals surface area contributed by atoms with Gasteiger partial charge in [-0.1, -0.05) is 12.1 Å². The van der Waals surface area contributed by atoms with E-state index >= 15 is 0 Å². The largest absolute Gasteiger partial charge is 0.497 e. The molecular weight excluding hydrogens is 268 g/mol. The number of nitrogens with one attached hydrogen (secondary N) is 1. The molecule has 1 atom stereocenters. The van der Waals surface area contributed by atoms with E-state index in [1.165, 1.54) is 0 Å². The summed E-state index contributed by atoms with van der Waals surface area (Å²) in [5.41, 5.74) is 1.10. The molecule has 1 N–H and O–H groups in total. The second kappa shape index (κ2) is 6.35. The quantitative estimate of drug-likeness (QED) is 0.921. The number of carbonyl (C=O) groups excluding carboxylic acids is 1. The summed E-state index contributed by atoms with van der Waals surface area (Å²) in [7, 11) is 1.65. The second-order valence-corrected chi connectivity index (χ2v) is 5.74. The van der Waals surface area contributed by atoms with E-state index in [1.54, 1.807) is 12.0 Å². The van der Waals surface area contributed by atoms with Gasteiger partial charge in [-0.3, -0.25) is 0 Å². The molecule has 0 radical (unpaired) electrons. The van der Waals surface area contributed by atoms with Crippen LogP contribution in [0, 0.1) is 5.92 Å². The first-order valence-electron chi connectivity index (χ1n) is 7.55. The van der Waals surface area contributed by atoms with Crippen LogP contribution in [0.3, 0.4) is 0 Å². The van der Waals surface area contributed by atoms with Crippen LogP contribution in [0.5, 0.6) is 5.75 Å². The van der Waals surface area contributed by atoms with E-state index in [1.807, 2.05) is 24.3 Å². The predicted octanol–water partition coefficient (Wildman–Crippen LogP) is 2.02. The predicted molar refractivity (Wildman–Crippen MR) is 79.3 cm³/mol. The van der Waals surface area contributed by atoms with E-state index in [-0.39, 0.29) is 12.2 Å².